The van der Waals surface area contributed by atoms with Crippen LogP contribution in [0, 0.1) is 0 Å². The van der Waals surface area contributed by atoms with Crippen molar-refractivity contribution >= 4 is 31.0 Å². The van der Waals surface area contributed by atoms with Gasteiger partial charge in [-0.05, 0) is 24.0 Å². The molecule has 0 bridgehead atoms. The van der Waals surface area contributed by atoms with Gasteiger partial charge in [0.15, 0.2) is 5.78 Å². The quantitative estimate of drug-likeness (QED) is 0.346. The topological polar surface area (TPSA) is 83.4 Å². The largest absolute Gasteiger partial charge is 0.392 e. The van der Waals surface area contributed by atoms with E-state index in [2.05, 4.69) is 9.97 Å². The van der Waals surface area contributed by atoms with Gasteiger partial charge in [-0.3, -0.25) is 4.79 Å². The molecule has 0 spiro atoms. The zero-order valence-corrected chi connectivity index (χ0v) is 14.8. The smallest absolute Gasteiger partial charge is 0.293 e. The minimum atomic E-state index is -0.749. The van der Waals surface area contributed by atoms with Crippen LogP contribution < -0.4 is 0 Å². The Labute approximate surface area is 157 Å². The van der Waals surface area contributed by atoms with Gasteiger partial charge in [-0.25, -0.2) is 9.97 Å². The van der Waals surface area contributed by atoms with Crippen molar-refractivity contribution in [3.63, 3.8) is 0 Å². The van der Waals surface area contributed by atoms with Crippen molar-refractivity contribution in [2.75, 3.05) is 0 Å². The van der Waals surface area contributed by atoms with Gasteiger partial charge in [0.05, 0.1) is 12.3 Å². The lowest BCUT2D eigenvalue weighted by molar-refractivity contribution is 0.0675. The number of hydrogen-bond acceptors (Lipinski definition) is 6. The summed E-state index contributed by atoms with van der Waals surface area (Å²) in [6, 6.07) is 9.13. The van der Waals surface area contributed by atoms with Crippen LogP contribution in [0.1, 0.15) is 34.5 Å². The second-order valence-corrected chi connectivity index (χ2v) is 6.64. The fourth-order valence-electron chi connectivity index (χ4n) is 3.25. The molecule has 1 aromatic heterocycles. The first-order valence-electron chi connectivity index (χ1n) is 8.38. The van der Waals surface area contributed by atoms with Crippen molar-refractivity contribution in [2.45, 2.75) is 38.0 Å². The lowest BCUT2D eigenvalue weighted by Crippen LogP contribution is -2.49. The van der Waals surface area contributed by atoms with Crippen LogP contribution in [0.15, 0.2) is 36.7 Å². The Kier molecular flexibility index (Phi) is 6.14. The van der Waals surface area contributed by atoms with E-state index < -0.39 is 6.10 Å². The molecule has 0 fully saturated rings. The summed E-state index contributed by atoms with van der Waals surface area (Å²) in [5.41, 5.74) is 2.53. The summed E-state index contributed by atoms with van der Waals surface area (Å²) in [5.74, 6) is -0.199. The van der Waals surface area contributed by atoms with Gasteiger partial charge in [-0.15, -0.1) is 0 Å². The van der Waals surface area contributed by atoms with Gasteiger partial charge < -0.3 is 14.7 Å². The maximum atomic E-state index is 12.3. The number of benzene rings is 1. The van der Waals surface area contributed by atoms with Gasteiger partial charge in [0, 0.05) is 25.1 Å². The Bertz CT molecular complexity index is 805. The summed E-state index contributed by atoms with van der Waals surface area (Å²) in [7, 11) is 1.45. The van der Waals surface area contributed by atoms with Crippen LogP contribution in [0.5, 0.6) is 0 Å². The van der Waals surface area contributed by atoms with E-state index in [1.165, 1.54) is 19.8 Å². The van der Waals surface area contributed by atoms with Crippen LogP contribution in [0.25, 0.3) is 0 Å². The van der Waals surface area contributed by atoms with Crippen LogP contribution >= 0.6 is 11.6 Å². The van der Waals surface area contributed by atoms with E-state index in [-0.39, 0.29) is 35.5 Å². The number of rotatable bonds is 7. The standard InChI is InChI=1S/C18H18BClN3O3/c20-18-8-14(21-11-22-18)16(25)5-6-17(26)15-7-12-3-1-2-4-13(12)9-23(15)19-10-24/h1-4,8,10-11,15,17,26H,5-7,9H2/t15-,17+/m0/s1. The van der Waals surface area contributed by atoms with Gasteiger partial charge in [0.2, 0.25) is 0 Å². The Morgan fingerprint density at radius 3 is 2.88 bits per heavy atom. The zero-order chi connectivity index (χ0) is 18.5. The van der Waals surface area contributed by atoms with Crippen molar-refractivity contribution in [3.8, 4) is 0 Å². The molecular weight excluding hydrogens is 352 g/mol. The van der Waals surface area contributed by atoms with Crippen LogP contribution in [0.4, 0.5) is 0 Å². The lowest BCUT2D eigenvalue weighted by atomic mass is 9.81. The van der Waals surface area contributed by atoms with E-state index in [0.717, 1.165) is 17.3 Å². The highest BCUT2D eigenvalue weighted by Crippen LogP contribution is 2.25. The van der Waals surface area contributed by atoms with Gasteiger partial charge in [-0.2, -0.15) is 0 Å². The number of aliphatic hydroxyl groups is 1. The van der Waals surface area contributed by atoms with Crippen molar-refractivity contribution in [1.29, 1.82) is 0 Å². The van der Waals surface area contributed by atoms with Crippen molar-refractivity contribution < 1.29 is 14.7 Å². The average molecular weight is 371 g/mol. The monoisotopic (exact) mass is 370 g/mol. The van der Waals surface area contributed by atoms with Gasteiger partial charge in [0.25, 0.3) is 7.41 Å². The minimum absolute atomic E-state index is 0.140. The maximum absolute atomic E-state index is 12.3. The molecular formula is C18H18BClN3O3. The lowest BCUT2D eigenvalue weighted by Gasteiger charge is -2.38. The second kappa shape index (κ2) is 8.53. The highest BCUT2D eigenvalue weighted by Gasteiger charge is 2.31. The number of Topliss-reactive ketones (excluding diaryl/α,β-unsaturated/α-hetero) is 1. The molecule has 1 aliphatic rings. The average Bonchev–Trinajstić information content (AvgIpc) is 2.65. The van der Waals surface area contributed by atoms with Crippen LogP contribution in [-0.2, 0) is 17.8 Å². The Balaban J connectivity index is 1.66. The molecule has 1 aromatic carbocycles. The molecule has 1 N–H and O–H groups in total. The molecule has 6 nitrogen and oxygen atoms in total. The number of fused-ring (bicyclic) bond motifs is 1. The van der Waals surface area contributed by atoms with E-state index in [9.17, 15) is 14.7 Å². The molecule has 0 aliphatic carbocycles. The summed E-state index contributed by atoms with van der Waals surface area (Å²) < 4.78 is 0. The fourth-order valence-corrected chi connectivity index (χ4v) is 3.40. The summed E-state index contributed by atoms with van der Waals surface area (Å²) >= 11 is 5.78. The number of halogens is 1. The summed E-state index contributed by atoms with van der Waals surface area (Å²) in [6.07, 6.45) is 2.25. The Morgan fingerprint density at radius 1 is 1.38 bits per heavy atom. The first-order chi connectivity index (χ1) is 12.6. The Morgan fingerprint density at radius 2 is 2.15 bits per heavy atom. The van der Waals surface area contributed by atoms with Crippen molar-refractivity contribution in [1.82, 2.24) is 14.8 Å². The number of aromatic nitrogens is 2. The third-order valence-electron chi connectivity index (χ3n) is 4.61. The van der Waals surface area contributed by atoms with Gasteiger partial charge >= 0.3 is 0 Å². The molecule has 2 atom stereocenters. The van der Waals surface area contributed by atoms with E-state index in [1.54, 1.807) is 0 Å². The third-order valence-corrected chi connectivity index (χ3v) is 4.82. The first-order valence-corrected chi connectivity index (χ1v) is 8.76. The molecule has 1 aliphatic heterocycles. The number of hydrogen-bond donors (Lipinski definition) is 1. The van der Waals surface area contributed by atoms with Crippen molar-refractivity contribution in [2.24, 2.45) is 0 Å². The van der Waals surface area contributed by atoms with E-state index in [0.29, 0.717) is 13.0 Å². The molecule has 0 saturated heterocycles. The second-order valence-electron chi connectivity index (χ2n) is 6.25. The highest BCUT2D eigenvalue weighted by molar-refractivity contribution is 6.64. The molecule has 3 rings (SSSR count). The summed E-state index contributed by atoms with van der Waals surface area (Å²) in [4.78, 5) is 32.7. The highest BCUT2D eigenvalue weighted by atomic mass is 35.5. The predicted molar refractivity (Wildman–Crippen MR) is 98.6 cm³/mol. The van der Waals surface area contributed by atoms with E-state index in [4.69, 9.17) is 11.6 Å². The zero-order valence-electron chi connectivity index (χ0n) is 14.1. The molecule has 0 amide bonds. The number of aliphatic hydroxyl groups excluding tert-OH is 1. The van der Waals surface area contributed by atoms with Gasteiger partial charge in [0.1, 0.15) is 17.2 Å². The number of carbonyl (C=O) groups is 2. The molecule has 0 saturated carbocycles. The number of carbonyl (C=O) groups excluding carboxylic acids is 2. The summed E-state index contributed by atoms with van der Waals surface area (Å²) in [6.45, 7) is 0.562. The van der Waals surface area contributed by atoms with Gasteiger partial charge in [-0.1, -0.05) is 35.9 Å². The first kappa shape index (κ1) is 18.7. The van der Waals surface area contributed by atoms with E-state index >= 15 is 0 Å². The van der Waals surface area contributed by atoms with Crippen molar-refractivity contribution in [3.05, 3.63) is 58.6 Å². The molecule has 26 heavy (non-hydrogen) atoms. The normalized spacial score (nSPS) is 18.0. The molecule has 2 aromatic rings. The predicted octanol–water partition coefficient (Wildman–Crippen LogP) is 1.69. The summed E-state index contributed by atoms with van der Waals surface area (Å²) in [5, 5.41) is 10.9. The van der Waals surface area contributed by atoms with Crippen LogP contribution in [0.2, 0.25) is 5.15 Å². The molecule has 2 heterocycles. The third kappa shape index (κ3) is 4.36. The van der Waals surface area contributed by atoms with Crippen LogP contribution in [-0.4, -0.2) is 51.4 Å². The maximum Gasteiger partial charge on any atom is 0.293 e. The van der Waals surface area contributed by atoms with Crippen LogP contribution in [0.3, 0.4) is 0 Å². The Hall–Kier alpha value is -2.09. The fraction of sp³-hybridized carbons (Fsp3) is 0.333. The molecule has 1 radical (unpaired) electrons. The molecule has 133 valence electrons. The minimum Gasteiger partial charge on any atom is -0.392 e. The SMILES string of the molecule is O=C[B]N1Cc2ccccc2C[C@H]1[C@H](O)CCC(=O)c1cc(Cl)ncn1. The molecule has 0 unspecified atom stereocenters. The number of nitrogens with zero attached hydrogens (tertiary/aromatic N) is 3. The van der Waals surface area contributed by atoms with E-state index in [1.807, 2.05) is 29.1 Å². The number of ketones is 1. The molecule has 8 heteroatoms.